The summed E-state index contributed by atoms with van der Waals surface area (Å²) >= 11 is 12.1. The van der Waals surface area contributed by atoms with E-state index in [1.165, 1.54) is 12.3 Å². The summed E-state index contributed by atoms with van der Waals surface area (Å²) in [6.45, 7) is 2.42. The zero-order valence-corrected chi connectivity index (χ0v) is 21.3. The topological polar surface area (TPSA) is 94.2 Å². The Morgan fingerprint density at radius 2 is 2.03 bits per heavy atom. The zero-order chi connectivity index (χ0) is 25.9. The number of pyridine rings is 1. The molecule has 1 aliphatic rings. The van der Waals surface area contributed by atoms with E-state index >= 15 is 0 Å². The first-order chi connectivity index (χ1) is 17.9. The Morgan fingerprint density at radius 3 is 2.81 bits per heavy atom. The predicted octanol–water partition coefficient (Wildman–Crippen LogP) is 5.75. The molecule has 0 radical (unpaired) electrons. The smallest absolute Gasteiger partial charge is 0.326 e. The third-order valence-corrected chi connectivity index (χ3v) is 7.17. The molecular formula is C28H23Cl2N5O2. The average Bonchev–Trinajstić information content (AvgIpc) is 3.22. The van der Waals surface area contributed by atoms with E-state index < -0.39 is 0 Å². The molecule has 0 saturated carbocycles. The third kappa shape index (κ3) is 5.32. The minimum atomic E-state index is -0.250. The van der Waals surface area contributed by atoms with Crippen LogP contribution in [0.3, 0.4) is 0 Å². The number of aromatic hydroxyl groups is 1. The van der Waals surface area contributed by atoms with Gasteiger partial charge in [-0.25, -0.2) is 9.78 Å². The van der Waals surface area contributed by atoms with Gasteiger partial charge in [0, 0.05) is 55.9 Å². The van der Waals surface area contributed by atoms with Crippen LogP contribution >= 0.6 is 23.2 Å². The lowest BCUT2D eigenvalue weighted by atomic mass is 10.0. The lowest BCUT2D eigenvalue weighted by molar-refractivity contribution is 0.240. The SMILES string of the molecule is N#Cc1ccc2c(c1)c1c(n2C(=O)NCc2ccnc(O)c2)CCN(C/C=C/c2ccc(Cl)c(Cl)c2)C1. The van der Waals surface area contributed by atoms with Gasteiger partial charge in [0.15, 0.2) is 0 Å². The number of aromatic nitrogens is 2. The summed E-state index contributed by atoms with van der Waals surface area (Å²) in [5.74, 6) is -0.0899. The zero-order valence-electron chi connectivity index (χ0n) is 19.8. The average molecular weight is 532 g/mol. The van der Waals surface area contributed by atoms with Gasteiger partial charge in [0.25, 0.3) is 0 Å². The van der Waals surface area contributed by atoms with Crippen LogP contribution < -0.4 is 5.32 Å². The number of carbonyl (C=O) groups excluding carboxylic acids is 1. The maximum Gasteiger partial charge on any atom is 0.326 e. The summed E-state index contributed by atoms with van der Waals surface area (Å²) in [6, 6.07) is 16.2. The van der Waals surface area contributed by atoms with Crippen molar-refractivity contribution in [3.8, 4) is 11.9 Å². The van der Waals surface area contributed by atoms with Crippen LogP contribution in [0.15, 0.2) is 60.8 Å². The molecular weight excluding hydrogens is 509 g/mol. The second-order valence-electron chi connectivity index (χ2n) is 8.85. The highest BCUT2D eigenvalue weighted by Crippen LogP contribution is 2.32. The Hall–Kier alpha value is -3.83. The number of nitriles is 1. The van der Waals surface area contributed by atoms with Crippen LogP contribution in [0, 0.1) is 11.3 Å². The van der Waals surface area contributed by atoms with Gasteiger partial charge >= 0.3 is 6.03 Å². The molecule has 7 nitrogen and oxygen atoms in total. The van der Waals surface area contributed by atoms with Crippen LogP contribution in [0.5, 0.6) is 5.88 Å². The maximum absolute atomic E-state index is 13.3. The molecule has 2 aromatic carbocycles. The summed E-state index contributed by atoms with van der Waals surface area (Å²) in [6.07, 6.45) is 6.29. The minimum absolute atomic E-state index is 0.0899. The molecule has 0 spiro atoms. The Balaban J connectivity index is 1.39. The molecule has 3 heterocycles. The van der Waals surface area contributed by atoms with Crippen molar-refractivity contribution in [3.05, 3.63) is 98.8 Å². The Kier molecular flexibility index (Phi) is 7.15. The third-order valence-electron chi connectivity index (χ3n) is 6.43. The number of fused-ring (bicyclic) bond motifs is 3. The van der Waals surface area contributed by atoms with Gasteiger partial charge in [-0.1, -0.05) is 41.4 Å². The van der Waals surface area contributed by atoms with Gasteiger partial charge < -0.3 is 10.4 Å². The molecule has 4 aromatic rings. The normalized spacial score (nSPS) is 13.5. The second-order valence-corrected chi connectivity index (χ2v) is 9.66. The number of carbonyl (C=O) groups is 1. The highest BCUT2D eigenvalue weighted by atomic mass is 35.5. The van der Waals surface area contributed by atoms with Crippen LogP contribution in [-0.2, 0) is 19.5 Å². The number of hydrogen-bond donors (Lipinski definition) is 2. The van der Waals surface area contributed by atoms with Gasteiger partial charge in [-0.15, -0.1) is 0 Å². The van der Waals surface area contributed by atoms with Crippen molar-refractivity contribution in [1.29, 1.82) is 5.26 Å². The molecule has 186 valence electrons. The molecule has 0 bridgehead atoms. The molecule has 9 heteroatoms. The minimum Gasteiger partial charge on any atom is -0.493 e. The Morgan fingerprint density at radius 1 is 1.16 bits per heavy atom. The first kappa shape index (κ1) is 24.8. The maximum atomic E-state index is 13.3. The second kappa shape index (κ2) is 10.7. The molecule has 1 aliphatic heterocycles. The van der Waals surface area contributed by atoms with E-state index in [4.69, 9.17) is 23.2 Å². The van der Waals surface area contributed by atoms with E-state index in [2.05, 4.69) is 27.3 Å². The van der Waals surface area contributed by atoms with Crippen molar-refractivity contribution in [1.82, 2.24) is 19.8 Å². The summed E-state index contributed by atoms with van der Waals surface area (Å²) in [5.41, 5.74) is 5.05. The molecule has 1 amide bonds. The number of hydrogen-bond acceptors (Lipinski definition) is 5. The quantitative estimate of drug-likeness (QED) is 0.342. The van der Waals surface area contributed by atoms with Crippen LogP contribution in [-0.4, -0.2) is 38.7 Å². The molecule has 0 saturated heterocycles. The number of nitrogens with zero attached hydrogens (tertiary/aromatic N) is 4. The van der Waals surface area contributed by atoms with Gasteiger partial charge in [0.05, 0.1) is 27.2 Å². The fourth-order valence-corrected chi connectivity index (χ4v) is 4.96. The summed E-state index contributed by atoms with van der Waals surface area (Å²) in [7, 11) is 0. The molecule has 0 aliphatic carbocycles. The number of amides is 1. The molecule has 2 N–H and O–H groups in total. The highest BCUT2D eigenvalue weighted by Gasteiger charge is 2.26. The van der Waals surface area contributed by atoms with Gasteiger partial charge in [-0.2, -0.15) is 5.26 Å². The fourth-order valence-electron chi connectivity index (χ4n) is 4.65. The van der Waals surface area contributed by atoms with Crippen molar-refractivity contribution in [2.75, 3.05) is 13.1 Å². The van der Waals surface area contributed by atoms with E-state index in [1.54, 1.807) is 22.8 Å². The van der Waals surface area contributed by atoms with Crippen molar-refractivity contribution in [2.24, 2.45) is 0 Å². The van der Waals surface area contributed by atoms with E-state index in [9.17, 15) is 15.2 Å². The highest BCUT2D eigenvalue weighted by molar-refractivity contribution is 6.42. The van der Waals surface area contributed by atoms with E-state index in [0.29, 0.717) is 28.6 Å². The van der Waals surface area contributed by atoms with Crippen molar-refractivity contribution >= 4 is 46.2 Å². The Bertz CT molecular complexity index is 1570. The van der Waals surface area contributed by atoms with Crippen LogP contribution in [0.1, 0.15) is 27.9 Å². The van der Waals surface area contributed by atoms with Crippen molar-refractivity contribution < 1.29 is 9.90 Å². The summed E-state index contributed by atoms with van der Waals surface area (Å²) in [4.78, 5) is 19.4. The number of nitrogens with one attached hydrogen (secondary N) is 1. The van der Waals surface area contributed by atoms with Crippen LogP contribution in [0.2, 0.25) is 10.0 Å². The van der Waals surface area contributed by atoms with Crippen LogP contribution in [0.4, 0.5) is 4.79 Å². The molecule has 0 atom stereocenters. The standard InChI is InChI=1S/C28H23Cl2N5O2/c29-23-5-3-18(13-24(23)30)2-1-10-34-11-8-26-22(17-34)21-12-19(15-31)4-6-25(21)35(26)28(37)33-16-20-7-9-32-27(36)14-20/h1-7,9,12-14H,8,10-11,16-17H2,(H,32,36)(H,33,37)/b2-1+. The van der Waals surface area contributed by atoms with Crippen molar-refractivity contribution in [3.63, 3.8) is 0 Å². The van der Waals surface area contributed by atoms with Gasteiger partial charge in [0.2, 0.25) is 5.88 Å². The predicted molar refractivity (Wildman–Crippen MR) is 145 cm³/mol. The molecule has 0 unspecified atom stereocenters. The molecule has 37 heavy (non-hydrogen) atoms. The van der Waals surface area contributed by atoms with Gasteiger partial charge in [0.1, 0.15) is 0 Å². The molecule has 0 fully saturated rings. The molecule has 2 aromatic heterocycles. The van der Waals surface area contributed by atoms with Crippen molar-refractivity contribution in [2.45, 2.75) is 19.5 Å². The monoisotopic (exact) mass is 531 g/mol. The first-order valence-electron chi connectivity index (χ1n) is 11.8. The first-order valence-corrected chi connectivity index (χ1v) is 12.5. The molecule has 5 rings (SSSR count). The lowest BCUT2D eigenvalue weighted by Crippen LogP contribution is -2.34. The summed E-state index contributed by atoms with van der Waals surface area (Å²) < 4.78 is 1.72. The van der Waals surface area contributed by atoms with Gasteiger partial charge in [-0.3, -0.25) is 9.47 Å². The summed E-state index contributed by atoms with van der Waals surface area (Å²) in [5, 5.41) is 24.0. The number of benzene rings is 2. The lowest BCUT2D eigenvalue weighted by Gasteiger charge is -2.27. The largest absolute Gasteiger partial charge is 0.493 e. The fraction of sp³-hybridized carbons (Fsp3) is 0.179. The van der Waals surface area contributed by atoms with E-state index in [-0.39, 0.29) is 18.5 Å². The van der Waals surface area contributed by atoms with Gasteiger partial charge in [-0.05, 0) is 53.1 Å². The van der Waals surface area contributed by atoms with E-state index in [1.807, 2.05) is 30.3 Å². The van der Waals surface area contributed by atoms with Crippen LogP contribution in [0.25, 0.3) is 17.0 Å². The number of halogens is 2. The van der Waals surface area contributed by atoms with E-state index in [0.717, 1.165) is 46.4 Å². The Labute approximate surface area is 224 Å². The number of rotatable bonds is 5.